The molecule has 0 spiro atoms. The quantitative estimate of drug-likeness (QED) is 0.692. The van der Waals surface area contributed by atoms with Crippen molar-refractivity contribution in [3.63, 3.8) is 0 Å². The number of imidazole rings is 1. The minimum Gasteiger partial charge on any atom is -0.354 e. The number of pyridine rings is 1. The van der Waals surface area contributed by atoms with Crippen molar-refractivity contribution in [1.82, 2.24) is 14.7 Å². The zero-order valence-corrected chi connectivity index (χ0v) is 15.4. The predicted molar refractivity (Wildman–Crippen MR) is 100 cm³/mol. The van der Waals surface area contributed by atoms with Crippen LogP contribution in [0.3, 0.4) is 0 Å². The molecule has 0 radical (unpaired) electrons. The molecule has 1 N–H and O–H groups in total. The van der Waals surface area contributed by atoms with Crippen LogP contribution in [0.25, 0.3) is 16.9 Å². The van der Waals surface area contributed by atoms with Gasteiger partial charge in [-0.1, -0.05) is 35.9 Å². The zero-order valence-electron chi connectivity index (χ0n) is 15.4. The van der Waals surface area contributed by atoms with E-state index in [1.54, 1.807) is 0 Å². The van der Waals surface area contributed by atoms with E-state index in [4.69, 9.17) is 9.47 Å². The van der Waals surface area contributed by atoms with Crippen LogP contribution in [0.1, 0.15) is 21.6 Å². The first kappa shape index (κ1) is 18.1. The fourth-order valence-electron chi connectivity index (χ4n) is 2.80. The van der Waals surface area contributed by atoms with Crippen molar-refractivity contribution >= 4 is 11.6 Å². The van der Waals surface area contributed by atoms with Crippen LogP contribution in [0.2, 0.25) is 0 Å². The lowest BCUT2D eigenvalue weighted by Gasteiger charge is -2.14. The van der Waals surface area contributed by atoms with E-state index in [9.17, 15) is 4.79 Å². The number of aromatic nitrogens is 2. The van der Waals surface area contributed by atoms with Gasteiger partial charge in [0.25, 0.3) is 5.91 Å². The van der Waals surface area contributed by atoms with Gasteiger partial charge in [0.05, 0.1) is 6.54 Å². The Labute approximate surface area is 152 Å². The maximum absolute atomic E-state index is 12.9. The van der Waals surface area contributed by atoms with Crippen molar-refractivity contribution in [2.45, 2.75) is 20.1 Å². The largest absolute Gasteiger partial charge is 0.354 e. The lowest BCUT2D eigenvalue weighted by molar-refractivity contribution is -0.0974. The Balaban J connectivity index is 2.05. The van der Waals surface area contributed by atoms with Gasteiger partial charge in [0.15, 0.2) is 6.29 Å². The molecule has 0 atom stereocenters. The van der Waals surface area contributed by atoms with Gasteiger partial charge in [-0.05, 0) is 25.5 Å². The number of amides is 1. The third kappa shape index (κ3) is 3.61. The highest BCUT2D eigenvalue weighted by Gasteiger charge is 2.21. The maximum atomic E-state index is 12.9. The van der Waals surface area contributed by atoms with Crippen LogP contribution in [-0.2, 0) is 9.47 Å². The van der Waals surface area contributed by atoms with E-state index in [0.717, 1.165) is 22.3 Å². The van der Waals surface area contributed by atoms with Crippen molar-refractivity contribution in [3.8, 4) is 11.3 Å². The number of nitrogens with zero attached hydrogens (tertiary/aromatic N) is 2. The van der Waals surface area contributed by atoms with Gasteiger partial charge in [0.2, 0.25) is 0 Å². The van der Waals surface area contributed by atoms with Crippen molar-refractivity contribution in [2.24, 2.45) is 0 Å². The van der Waals surface area contributed by atoms with Gasteiger partial charge in [-0.25, -0.2) is 4.98 Å². The summed E-state index contributed by atoms with van der Waals surface area (Å²) in [5.41, 5.74) is 4.98. The molecule has 1 aromatic carbocycles. The number of rotatable bonds is 6. The van der Waals surface area contributed by atoms with Gasteiger partial charge in [-0.15, -0.1) is 0 Å². The molecule has 0 fully saturated rings. The fourth-order valence-corrected chi connectivity index (χ4v) is 2.80. The normalized spacial score (nSPS) is 11.3. The van der Waals surface area contributed by atoms with E-state index < -0.39 is 6.29 Å². The first-order valence-corrected chi connectivity index (χ1v) is 8.43. The van der Waals surface area contributed by atoms with Gasteiger partial charge in [-0.2, -0.15) is 0 Å². The molecule has 0 unspecified atom stereocenters. The zero-order chi connectivity index (χ0) is 18.7. The molecule has 26 heavy (non-hydrogen) atoms. The number of carbonyl (C=O) groups is 1. The molecular weight excluding hydrogens is 330 g/mol. The topological polar surface area (TPSA) is 64.9 Å². The Bertz CT molecular complexity index is 912. The highest BCUT2D eigenvalue weighted by Crippen LogP contribution is 2.25. The predicted octanol–water partition coefficient (Wildman–Crippen LogP) is 2.97. The summed E-state index contributed by atoms with van der Waals surface area (Å²) in [4.78, 5) is 17.6. The molecule has 6 nitrogen and oxygen atoms in total. The van der Waals surface area contributed by atoms with Crippen LogP contribution in [-0.4, -0.2) is 42.3 Å². The monoisotopic (exact) mass is 353 g/mol. The Morgan fingerprint density at radius 2 is 1.73 bits per heavy atom. The van der Waals surface area contributed by atoms with Gasteiger partial charge in [-0.3, -0.25) is 9.20 Å². The SMILES string of the molecule is COC(CNC(=O)c1c(-c2ccc(C)cc2)nc2ccc(C)cn12)OC. The summed E-state index contributed by atoms with van der Waals surface area (Å²) in [6.45, 7) is 4.26. The number of aryl methyl sites for hydroxylation is 2. The maximum Gasteiger partial charge on any atom is 0.270 e. The van der Waals surface area contributed by atoms with Crippen LogP contribution >= 0.6 is 0 Å². The van der Waals surface area contributed by atoms with E-state index in [0.29, 0.717) is 11.4 Å². The smallest absolute Gasteiger partial charge is 0.270 e. The van der Waals surface area contributed by atoms with Crippen molar-refractivity contribution in [3.05, 3.63) is 59.4 Å². The molecule has 3 aromatic rings. The van der Waals surface area contributed by atoms with Crippen LogP contribution in [0, 0.1) is 13.8 Å². The number of hydrogen-bond donors (Lipinski definition) is 1. The molecule has 3 rings (SSSR count). The van der Waals surface area contributed by atoms with Gasteiger partial charge >= 0.3 is 0 Å². The molecule has 0 aliphatic heterocycles. The van der Waals surface area contributed by atoms with Crippen LogP contribution in [0.4, 0.5) is 0 Å². The Kier molecular flexibility index (Phi) is 5.35. The summed E-state index contributed by atoms with van der Waals surface area (Å²) in [5.74, 6) is -0.224. The second-order valence-corrected chi connectivity index (χ2v) is 6.22. The standard InChI is InChI=1S/C20H23N3O3/c1-13-5-8-15(9-6-13)18-19(20(24)21-11-17(25-3)26-4)23-12-14(2)7-10-16(23)22-18/h5-10,12,17H,11H2,1-4H3,(H,21,24). The van der Waals surface area contributed by atoms with E-state index in [1.807, 2.05) is 60.8 Å². The van der Waals surface area contributed by atoms with Crippen LogP contribution < -0.4 is 5.32 Å². The number of carbonyl (C=O) groups excluding carboxylic acids is 1. The minimum absolute atomic E-state index is 0.224. The van der Waals surface area contributed by atoms with Crippen molar-refractivity contribution in [2.75, 3.05) is 20.8 Å². The summed E-state index contributed by atoms with van der Waals surface area (Å²) < 4.78 is 12.1. The third-order valence-corrected chi connectivity index (χ3v) is 4.26. The minimum atomic E-state index is -0.498. The summed E-state index contributed by atoms with van der Waals surface area (Å²) in [6.07, 6.45) is 1.42. The molecule has 0 bridgehead atoms. The number of methoxy groups -OCH3 is 2. The summed E-state index contributed by atoms with van der Waals surface area (Å²) in [7, 11) is 3.07. The fraction of sp³-hybridized carbons (Fsp3) is 0.300. The van der Waals surface area contributed by atoms with Crippen LogP contribution in [0.15, 0.2) is 42.6 Å². The van der Waals surface area contributed by atoms with Gasteiger partial charge in [0.1, 0.15) is 17.0 Å². The van der Waals surface area contributed by atoms with Crippen molar-refractivity contribution in [1.29, 1.82) is 0 Å². The first-order valence-electron chi connectivity index (χ1n) is 8.43. The summed E-state index contributed by atoms with van der Waals surface area (Å²) in [5, 5.41) is 2.87. The van der Waals surface area contributed by atoms with Gasteiger partial charge in [0, 0.05) is 26.0 Å². The molecule has 0 saturated carbocycles. The highest BCUT2D eigenvalue weighted by molar-refractivity contribution is 5.99. The Morgan fingerprint density at radius 3 is 2.38 bits per heavy atom. The third-order valence-electron chi connectivity index (χ3n) is 4.26. The number of hydrogen-bond acceptors (Lipinski definition) is 4. The second kappa shape index (κ2) is 7.68. The molecule has 2 aromatic heterocycles. The molecule has 2 heterocycles. The number of benzene rings is 1. The van der Waals surface area contributed by atoms with Crippen LogP contribution in [0.5, 0.6) is 0 Å². The molecule has 6 heteroatoms. The molecule has 0 aliphatic rings. The second-order valence-electron chi connectivity index (χ2n) is 6.22. The lowest BCUT2D eigenvalue weighted by atomic mass is 10.1. The average Bonchev–Trinajstić information content (AvgIpc) is 3.01. The first-order chi connectivity index (χ1) is 12.5. The van der Waals surface area contributed by atoms with E-state index in [1.165, 1.54) is 14.2 Å². The highest BCUT2D eigenvalue weighted by atomic mass is 16.7. The summed E-state index contributed by atoms with van der Waals surface area (Å²) >= 11 is 0. The van der Waals surface area contributed by atoms with Gasteiger partial charge < -0.3 is 14.8 Å². The molecule has 136 valence electrons. The number of fused-ring (bicyclic) bond motifs is 1. The van der Waals surface area contributed by atoms with E-state index in [2.05, 4.69) is 10.3 Å². The molecule has 0 aliphatic carbocycles. The average molecular weight is 353 g/mol. The number of ether oxygens (including phenoxy) is 2. The Morgan fingerprint density at radius 1 is 1.08 bits per heavy atom. The molecule has 1 amide bonds. The van der Waals surface area contributed by atoms with E-state index in [-0.39, 0.29) is 12.5 Å². The van der Waals surface area contributed by atoms with E-state index >= 15 is 0 Å². The summed E-state index contributed by atoms with van der Waals surface area (Å²) in [6, 6.07) is 11.9. The molecular formula is C20H23N3O3. The molecule has 0 saturated heterocycles. The lowest BCUT2D eigenvalue weighted by Crippen LogP contribution is -2.35. The Hall–Kier alpha value is -2.70. The number of nitrogens with one attached hydrogen (secondary N) is 1. The van der Waals surface area contributed by atoms with Crippen molar-refractivity contribution < 1.29 is 14.3 Å².